The second kappa shape index (κ2) is 5.49. The summed E-state index contributed by atoms with van der Waals surface area (Å²) in [7, 11) is 2.73. The van der Waals surface area contributed by atoms with Gasteiger partial charge < -0.3 is 9.47 Å². The van der Waals surface area contributed by atoms with Crippen LogP contribution in [0.25, 0.3) is 0 Å². The number of nitrogens with zero attached hydrogens (tertiary/aromatic N) is 1. The molecule has 0 radical (unpaired) electrons. The molecule has 0 N–H and O–H groups in total. The first-order valence-electron chi connectivity index (χ1n) is 4.54. The molecule has 6 nitrogen and oxygen atoms in total. The SMILES string of the molecule is COc1cc(C(=O)CCl)c([N+](=O)[O-])cc1OC. The van der Waals surface area contributed by atoms with Gasteiger partial charge in [0.05, 0.1) is 31.1 Å². The fourth-order valence-corrected chi connectivity index (χ4v) is 1.46. The van der Waals surface area contributed by atoms with E-state index in [4.69, 9.17) is 21.1 Å². The van der Waals surface area contributed by atoms with E-state index in [9.17, 15) is 14.9 Å². The molecular weight excluding hydrogens is 250 g/mol. The Bertz CT molecular complexity index is 460. The van der Waals surface area contributed by atoms with Gasteiger partial charge in [0.2, 0.25) is 0 Å². The summed E-state index contributed by atoms with van der Waals surface area (Å²) >= 11 is 5.39. The topological polar surface area (TPSA) is 78.7 Å². The van der Waals surface area contributed by atoms with Crippen LogP contribution in [-0.2, 0) is 0 Å². The van der Waals surface area contributed by atoms with E-state index in [0.29, 0.717) is 0 Å². The number of halogens is 1. The number of hydrogen-bond acceptors (Lipinski definition) is 5. The second-order valence-corrected chi connectivity index (χ2v) is 3.31. The third-order valence-corrected chi connectivity index (χ3v) is 2.36. The molecule has 7 heteroatoms. The molecule has 0 aliphatic carbocycles. The van der Waals surface area contributed by atoms with Gasteiger partial charge in [0, 0.05) is 6.07 Å². The molecule has 0 heterocycles. The Balaban J connectivity index is 3.45. The molecule has 0 bridgehead atoms. The Labute approximate surface area is 102 Å². The molecule has 1 aromatic carbocycles. The van der Waals surface area contributed by atoms with E-state index in [0.717, 1.165) is 6.07 Å². The summed E-state index contributed by atoms with van der Waals surface area (Å²) in [5, 5.41) is 10.8. The standard InChI is InChI=1S/C10H10ClNO5/c1-16-9-3-6(8(13)5-11)7(12(14)15)4-10(9)17-2/h3-4H,5H2,1-2H3. The van der Waals surface area contributed by atoms with Crippen LogP contribution in [0.2, 0.25) is 0 Å². The van der Waals surface area contributed by atoms with Gasteiger partial charge in [-0.2, -0.15) is 0 Å². The van der Waals surface area contributed by atoms with Crippen LogP contribution in [0, 0.1) is 10.1 Å². The van der Waals surface area contributed by atoms with Crippen molar-refractivity contribution in [3.05, 3.63) is 27.8 Å². The van der Waals surface area contributed by atoms with Crippen LogP contribution >= 0.6 is 11.6 Å². The van der Waals surface area contributed by atoms with E-state index in [-0.39, 0.29) is 28.6 Å². The summed E-state index contributed by atoms with van der Waals surface area (Å²) in [6.45, 7) is 0. The van der Waals surface area contributed by atoms with E-state index in [2.05, 4.69) is 0 Å². The van der Waals surface area contributed by atoms with Crippen molar-refractivity contribution in [2.24, 2.45) is 0 Å². The van der Waals surface area contributed by atoms with Gasteiger partial charge in [0.25, 0.3) is 5.69 Å². The number of ketones is 1. The van der Waals surface area contributed by atoms with E-state index in [1.165, 1.54) is 20.3 Å². The van der Waals surface area contributed by atoms with Crippen molar-refractivity contribution in [2.45, 2.75) is 0 Å². The van der Waals surface area contributed by atoms with Crippen LogP contribution in [0.15, 0.2) is 12.1 Å². The zero-order chi connectivity index (χ0) is 13.0. The van der Waals surface area contributed by atoms with E-state index in [1.807, 2.05) is 0 Å². The van der Waals surface area contributed by atoms with Gasteiger partial charge in [0.1, 0.15) is 5.56 Å². The number of carbonyl (C=O) groups excluding carboxylic acids is 1. The quantitative estimate of drug-likeness (QED) is 0.350. The molecule has 0 aliphatic rings. The van der Waals surface area contributed by atoms with Gasteiger partial charge in [-0.25, -0.2) is 0 Å². The minimum atomic E-state index is -0.665. The van der Waals surface area contributed by atoms with Gasteiger partial charge in [-0.15, -0.1) is 11.6 Å². The Morgan fingerprint density at radius 3 is 2.29 bits per heavy atom. The van der Waals surface area contributed by atoms with Crippen molar-refractivity contribution in [1.29, 1.82) is 0 Å². The average Bonchev–Trinajstić information content (AvgIpc) is 2.35. The Morgan fingerprint density at radius 1 is 1.35 bits per heavy atom. The van der Waals surface area contributed by atoms with Crippen molar-refractivity contribution in [2.75, 3.05) is 20.1 Å². The molecular formula is C10H10ClNO5. The number of nitro groups is 1. The normalized spacial score (nSPS) is 9.82. The van der Waals surface area contributed by atoms with Crippen molar-refractivity contribution >= 4 is 23.1 Å². The number of alkyl halides is 1. The summed E-state index contributed by atoms with van der Waals surface area (Å²) < 4.78 is 9.89. The monoisotopic (exact) mass is 259 g/mol. The van der Waals surface area contributed by atoms with Gasteiger partial charge in [-0.05, 0) is 0 Å². The Kier molecular flexibility index (Phi) is 4.28. The zero-order valence-electron chi connectivity index (χ0n) is 9.23. The third kappa shape index (κ3) is 2.65. The number of carbonyl (C=O) groups is 1. The molecule has 1 aromatic rings. The summed E-state index contributed by atoms with van der Waals surface area (Å²) in [5.41, 5.74) is -0.448. The minimum absolute atomic E-state index is 0.0948. The van der Waals surface area contributed by atoms with E-state index in [1.54, 1.807) is 0 Å². The molecule has 0 aliphatic heterocycles. The highest BCUT2D eigenvalue weighted by atomic mass is 35.5. The predicted molar refractivity (Wildman–Crippen MR) is 61.3 cm³/mol. The van der Waals surface area contributed by atoms with Crippen LogP contribution in [0.5, 0.6) is 11.5 Å². The molecule has 0 unspecified atom stereocenters. The van der Waals surface area contributed by atoms with Crippen LogP contribution in [-0.4, -0.2) is 30.8 Å². The van der Waals surface area contributed by atoms with Crippen LogP contribution in [0.1, 0.15) is 10.4 Å². The number of rotatable bonds is 5. The van der Waals surface area contributed by atoms with Gasteiger partial charge in [-0.1, -0.05) is 0 Å². The lowest BCUT2D eigenvalue weighted by molar-refractivity contribution is -0.385. The minimum Gasteiger partial charge on any atom is -0.493 e. The lowest BCUT2D eigenvalue weighted by Crippen LogP contribution is -2.06. The van der Waals surface area contributed by atoms with Crippen LogP contribution in [0.4, 0.5) is 5.69 Å². The number of hydrogen-bond donors (Lipinski definition) is 0. The second-order valence-electron chi connectivity index (χ2n) is 3.04. The molecule has 0 fully saturated rings. The molecule has 92 valence electrons. The number of nitro benzene ring substituents is 1. The molecule has 17 heavy (non-hydrogen) atoms. The first kappa shape index (κ1) is 13.2. The highest BCUT2D eigenvalue weighted by Gasteiger charge is 2.23. The summed E-state index contributed by atoms with van der Waals surface area (Å²) in [5.74, 6) is -0.452. The molecule has 0 saturated heterocycles. The summed E-state index contributed by atoms with van der Waals surface area (Å²) in [6, 6.07) is 2.39. The summed E-state index contributed by atoms with van der Waals surface area (Å²) in [6.07, 6.45) is 0. The fraction of sp³-hybridized carbons (Fsp3) is 0.300. The maximum absolute atomic E-state index is 11.5. The average molecular weight is 260 g/mol. The highest BCUT2D eigenvalue weighted by Crippen LogP contribution is 2.34. The largest absolute Gasteiger partial charge is 0.493 e. The smallest absolute Gasteiger partial charge is 0.284 e. The van der Waals surface area contributed by atoms with Crippen molar-refractivity contribution in [3.8, 4) is 11.5 Å². The van der Waals surface area contributed by atoms with Gasteiger partial charge in [-0.3, -0.25) is 14.9 Å². The number of ether oxygens (including phenoxy) is 2. The van der Waals surface area contributed by atoms with Gasteiger partial charge >= 0.3 is 0 Å². The molecule has 0 atom stereocenters. The highest BCUT2D eigenvalue weighted by molar-refractivity contribution is 6.31. The van der Waals surface area contributed by atoms with E-state index >= 15 is 0 Å². The number of Topliss-reactive ketones (excluding diaryl/α,β-unsaturated/α-hetero) is 1. The summed E-state index contributed by atoms with van der Waals surface area (Å²) in [4.78, 5) is 21.6. The Morgan fingerprint density at radius 2 is 1.88 bits per heavy atom. The number of benzene rings is 1. The van der Waals surface area contributed by atoms with E-state index < -0.39 is 10.7 Å². The number of methoxy groups -OCH3 is 2. The van der Waals surface area contributed by atoms with Crippen molar-refractivity contribution in [1.82, 2.24) is 0 Å². The molecule has 1 rings (SSSR count). The van der Waals surface area contributed by atoms with Crippen LogP contribution in [0.3, 0.4) is 0 Å². The zero-order valence-corrected chi connectivity index (χ0v) is 9.98. The third-order valence-electron chi connectivity index (χ3n) is 2.12. The lowest BCUT2D eigenvalue weighted by Gasteiger charge is -2.09. The first-order chi connectivity index (χ1) is 8.04. The van der Waals surface area contributed by atoms with Gasteiger partial charge in [0.15, 0.2) is 17.3 Å². The first-order valence-corrected chi connectivity index (χ1v) is 5.08. The predicted octanol–water partition coefficient (Wildman–Crippen LogP) is 2.03. The molecule has 0 spiro atoms. The maximum Gasteiger partial charge on any atom is 0.284 e. The maximum atomic E-state index is 11.5. The Hall–Kier alpha value is -1.82. The van der Waals surface area contributed by atoms with Crippen LogP contribution < -0.4 is 9.47 Å². The molecule has 0 saturated carbocycles. The molecule has 0 aromatic heterocycles. The lowest BCUT2D eigenvalue weighted by atomic mass is 10.1. The van der Waals surface area contributed by atoms with Crippen molar-refractivity contribution in [3.63, 3.8) is 0 Å². The fourth-order valence-electron chi connectivity index (χ4n) is 1.31. The van der Waals surface area contributed by atoms with Crippen molar-refractivity contribution < 1.29 is 19.2 Å². The molecule has 0 amide bonds.